The van der Waals surface area contributed by atoms with Gasteiger partial charge in [-0.15, -0.1) is 0 Å². The highest BCUT2D eigenvalue weighted by molar-refractivity contribution is 5.86. The van der Waals surface area contributed by atoms with Gasteiger partial charge >= 0.3 is 12.1 Å². The molecule has 1 aliphatic heterocycles. The number of hydrogen-bond acceptors (Lipinski definition) is 5. The number of esters is 1. The van der Waals surface area contributed by atoms with Crippen molar-refractivity contribution < 1.29 is 23.9 Å². The maximum Gasteiger partial charge on any atom is 0.408 e. The fourth-order valence-corrected chi connectivity index (χ4v) is 2.78. The van der Waals surface area contributed by atoms with Gasteiger partial charge in [-0.25, -0.2) is 4.79 Å². The zero-order valence-electron chi connectivity index (χ0n) is 15.7. The van der Waals surface area contributed by atoms with E-state index >= 15 is 0 Å². The highest BCUT2D eigenvalue weighted by atomic mass is 16.6. The maximum atomic E-state index is 12.9. The normalized spacial score (nSPS) is 14.4. The Morgan fingerprint density at radius 3 is 2.23 bits per heavy atom. The molecular formula is C19H26N2O5. The van der Waals surface area contributed by atoms with E-state index in [9.17, 15) is 14.4 Å². The van der Waals surface area contributed by atoms with Gasteiger partial charge in [-0.3, -0.25) is 9.59 Å². The van der Waals surface area contributed by atoms with Gasteiger partial charge in [0.15, 0.2) is 0 Å². The van der Waals surface area contributed by atoms with E-state index in [0.29, 0.717) is 13.1 Å². The number of alkyl carbamates (subject to hydrolysis) is 1. The standard InChI is InChI=1S/C19H26N2O5/c1-19(2,3)26-18(24)20-15(9-10-16(22)25-4)17(23)21-11-13-7-5-6-8-14(13)12-21/h5-8,15H,9-12H2,1-4H3,(H,20,24)/t15-/m0/s1. The second-order valence-electron chi connectivity index (χ2n) is 7.28. The lowest BCUT2D eigenvalue weighted by Crippen LogP contribution is -2.48. The first-order valence-corrected chi connectivity index (χ1v) is 8.61. The molecule has 0 saturated carbocycles. The summed E-state index contributed by atoms with van der Waals surface area (Å²) in [5, 5.41) is 2.60. The SMILES string of the molecule is COC(=O)CC[C@H](NC(=O)OC(C)(C)C)C(=O)N1Cc2ccccc2C1. The van der Waals surface area contributed by atoms with Crippen molar-refractivity contribution in [3.63, 3.8) is 0 Å². The number of nitrogens with zero attached hydrogens (tertiary/aromatic N) is 1. The van der Waals surface area contributed by atoms with Crippen molar-refractivity contribution in [3.05, 3.63) is 35.4 Å². The predicted octanol–water partition coefficient (Wildman–Crippen LogP) is 2.38. The summed E-state index contributed by atoms with van der Waals surface area (Å²) in [4.78, 5) is 38.2. The van der Waals surface area contributed by atoms with Gasteiger partial charge in [0.2, 0.25) is 5.91 Å². The number of nitrogens with one attached hydrogen (secondary N) is 1. The quantitative estimate of drug-likeness (QED) is 0.813. The van der Waals surface area contributed by atoms with Gasteiger partial charge in [-0.05, 0) is 38.3 Å². The molecule has 0 aliphatic carbocycles. The molecule has 0 radical (unpaired) electrons. The highest BCUT2D eigenvalue weighted by Crippen LogP contribution is 2.23. The lowest BCUT2D eigenvalue weighted by atomic mass is 10.1. The molecule has 7 nitrogen and oxygen atoms in total. The molecule has 142 valence electrons. The smallest absolute Gasteiger partial charge is 0.408 e. The molecule has 1 heterocycles. The zero-order chi connectivity index (χ0) is 19.3. The topological polar surface area (TPSA) is 84.9 Å². The van der Waals surface area contributed by atoms with Crippen LogP contribution in [0.3, 0.4) is 0 Å². The second kappa shape index (κ2) is 8.21. The number of carbonyl (C=O) groups is 3. The van der Waals surface area contributed by atoms with E-state index in [-0.39, 0.29) is 18.7 Å². The van der Waals surface area contributed by atoms with Crippen molar-refractivity contribution in [1.29, 1.82) is 0 Å². The molecule has 1 atom stereocenters. The molecule has 0 fully saturated rings. The van der Waals surface area contributed by atoms with Crippen molar-refractivity contribution in [1.82, 2.24) is 10.2 Å². The van der Waals surface area contributed by atoms with E-state index in [2.05, 4.69) is 10.1 Å². The molecular weight excluding hydrogens is 336 g/mol. The van der Waals surface area contributed by atoms with Crippen LogP contribution in [0.2, 0.25) is 0 Å². The van der Waals surface area contributed by atoms with E-state index < -0.39 is 23.7 Å². The van der Waals surface area contributed by atoms with Gasteiger partial charge in [-0.2, -0.15) is 0 Å². The Bertz CT molecular complexity index is 656. The Morgan fingerprint density at radius 2 is 1.73 bits per heavy atom. The van der Waals surface area contributed by atoms with Crippen LogP contribution in [0.25, 0.3) is 0 Å². The van der Waals surface area contributed by atoms with Crippen LogP contribution < -0.4 is 5.32 Å². The molecule has 26 heavy (non-hydrogen) atoms. The third kappa shape index (κ3) is 5.47. The summed E-state index contributed by atoms with van der Waals surface area (Å²) in [6, 6.07) is 6.97. The van der Waals surface area contributed by atoms with Gasteiger partial charge in [0.1, 0.15) is 11.6 Å². The average molecular weight is 362 g/mol. The third-order valence-corrected chi connectivity index (χ3v) is 4.01. The molecule has 1 aromatic carbocycles. The molecule has 7 heteroatoms. The van der Waals surface area contributed by atoms with Crippen LogP contribution in [-0.2, 0) is 32.2 Å². The summed E-state index contributed by atoms with van der Waals surface area (Å²) < 4.78 is 9.87. The van der Waals surface area contributed by atoms with E-state index in [1.165, 1.54) is 7.11 Å². The Labute approximate surface area is 153 Å². The number of carbonyl (C=O) groups excluding carboxylic acids is 3. The monoisotopic (exact) mass is 362 g/mol. The van der Waals surface area contributed by atoms with Crippen LogP contribution in [0.15, 0.2) is 24.3 Å². The number of methoxy groups -OCH3 is 1. The van der Waals surface area contributed by atoms with Crippen LogP contribution in [0.5, 0.6) is 0 Å². The molecule has 0 saturated heterocycles. The van der Waals surface area contributed by atoms with Crippen molar-refractivity contribution in [2.24, 2.45) is 0 Å². The van der Waals surface area contributed by atoms with Gasteiger partial charge in [0, 0.05) is 19.5 Å². The van der Waals surface area contributed by atoms with Crippen molar-refractivity contribution in [2.75, 3.05) is 7.11 Å². The van der Waals surface area contributed by atoms with Crippen LogP contribution in [0, 0.1) is 0 Å². The number of benzene rings is 1. The number of ether oxygens (including phenoxy) is 2. The van der Waals surface area contributed by atoms with Gasteiger partial charge in [0.25, 0.3) is 0 Å². The largest absolute Gasteiger partial charge is 0.469 e. The van der Waals surface area contributed by atoms with E-state index in [1.54, 1.807) is 25.7 Å². The fourth-order valence-electron chi connectivity index (χ4n) is 2.78. The fraction of sp³-hybridized carbons (Fsp3) is 0.526. The second-order valence-corrected chi connectivity index (χ2v) is 7.28. The first-order valence-electron chi connectivity index (χ1n) is 8.61. The summed E-state index contributed by atoms with van der Waals surface area (Å²) in [6.07, 6.45) is -0.501. The molecule has 1 aromatic rings. The van der Waals surface area contributed by atoms with Gasteiger partial charge < -0.3 is 19.7 Å². The molecule has 0 spiro atoms. The minimum Gasteiger partial charge on any atom is -0.469 e. The average Bonchev–Trinajstić information content (AvgIpc) is 3.00. The van der Waals surface area contributed by atoms with E-state index in [1.807, 2.05) is 24.3 Å². The summed E-state index contributed by atoms with van der Waals surface area (Å²) in [7, 11) is 1.29. The van der Waals surface area contributed by atoms with Gasteiger partial charge in [-0.1, -0.05) is 24.3 Å². The van der Waals surface area contributed by atoms with Crippen LogP contribution >= 0.6 is 0 Å². The molecule has 0 unspecified atom stereocenters. The minimum atomic E-state index is -0.849. The number of rotatable bonds is 5. The summed E-state index contributed by atoms with van der Waals surface area (Å²) in [5.74, 6) is -0.672. The first kappa shape index (κ1) is 19.8. The molecule has 1 N–H and O–H groups in total. The Hall–Kier alpha value is -2.57. The zero-order valence-corrected chi connectivity index (χ0v) is 15.7. The Morgan fingerprint density at radius 1 is 1.15 bits per heavy atom. The molecule has 0 bridgehead atoms. The predicted molar refractivity (Wildman–Crippen MR) is 95.1 cm³/mol. The Kier molecular flexibility index (Phi) is 6.23. The molecule has 2 amide bonds. The number of amides is 2. The van der Waals surface area contributed by atoms with Crippen molar-refractivity contribution >= 4 is 18.0 Å². The first-order chi connectivity index (χ1) is 12.2. The summed E-state index contributed by atoms with van der Waals surface area (Å²) >= 11 is 0. The van der Waals surface area contributed by atoms with Gasteiger partial charge in [0.05, 0.1) is 7.11 Å². The lowest BCUT2D eigenvalue weighted by molar-refractivity contribution is -0.141. The molecule has 0 aromatic heterocycles. The molecule has 2 rings (SSSR count). The number of hydrogen-bond donors (Lipinski definition) is 1. The van der Waals surface area contributed by atoms with E-state index in [4.69, 9.17) is 4.74 Å². The number of fused-ring (bicyclic) bond motifs is 1. The Balaban J connectivity index is 2.06. The van der Waals surface area contributed by atoms with Crippen molar-refractivity contribution in [3.8, 4) is 0 Å². The minimum absolute atomic E-state index is 0.0312. The third-order valence-electron chi connectivity index (χ3n) is 4.01. The van der Waals surface area contributed by atoms with Crippen LogP contribution in [-0.4, -0.2) is 41.6 Å². The van der Waals surface area contributed by atoms with Crippen LogP contribution in [0.1, 0.15) is 44.7 Å². The van der Waals surface area contributed by atoms with Crippen LogP contribution in [0.4, 0.5) is 4.79 Å². The summed E-state index contributed by atoms with van der Waals surface area (Å²) in [6.45, 7) is 6.21. The van der Waals surface area contributed by atoms with Crippen molar-refractivity contribution in [2.45, 2.75) is 58.3 Å². The summed E-state index contributed by atoms with van der Waals surface area (Å²) in [5.41, 5.74) is 1.50. The molecule has 1 aliphatic rings. The maximum absolute atomic E-state index is 12.9. The van der Waals surface area contributed by atoms with E-state index in [0.717, 1.165) is 11.1 Å². The highest BCUT2D eigenvalue weighted by Gasteiger charge is 2.31. The lowest BCUT2D eigenvalue weighted by Gasteiger charge is -2.26.